The Balaban J connectivity index is 1.94. The molecular formula is C17H19N5O3. The monoisotopic (exact) mass is 341 g/mol. The zero-order chi connectivity index (χ0) is 18.1. The molecule has 0 saturated carbocycles. The van der Waals surface area contributed by atoms with Crippen LogP contribution in [-0.2, 0) is 0 Å². The third kappa shape index (κ3) is 3.10. The lowest BCUT2D eigenvalue weighted by Crippen LogP contribution is -2.15. The Hall–Kier alpha value is -3.16. The van der Waals surface area contributed by atoms with Crippen LogP contribution in [-0.4, -0.2) is 39.7 Å². The quantitative estimate of drug-likeness (QED) is 0.783. The first-order valence-corrected chi connectivity index (χ1v) is 7.68. The molecule has 3 aromatic rings. The van der Waals surface area contributed by atoms with Crippen LogP contribution in [0.25, 0.3) is 5.78 Å². The van der Waals surface area contributed by atoms with Gasteiger partial charge in [0.25, 0.3) is 11.7 Å². The molecule has 0 aliphatic rings. The van der Waals surface area contributed by atoms with Crippen LogP contribution in [0, 0.1) is 20.8 Å². The number of nitrogens with zero attached hydrogens (tertiary/aromatic N) is 4. The third-order valence-corrected chi connectivity index (χ3v) is 3.80. The topological polar surface area (TPSA) is 90.6 Å². The molecule has 0 saturated heterocycles. The summed E-state index contributed by atoms with van der Waals surface area (Å²) in [6, 6.07) is 5.37. The molecule has 0 aliphatic carbocycles. The van der Waals surface area contributed by atoms with Crippen LogP contribution in [0.1, 0.15) is 27.6 Å². The lowest BCUT2D eigenvalue weighted by atomic mass is 10.1. The number of carbonyl (C=O) groups excluding carboxylic acids is 1. The second-order valence-electron chi connectivity index (χ2n) is 5.66. The van der Waals surface area contributed by atoms with E-state index in [0.29, 0.717) is 23.0 Å². The van der Waals surface area contributed by atoms with Crippen molar-refractivity contribution >= 4 is 17.4 Å². The van der Waals surface area contributed by atoms with Crippen LogP contribution in [0.5, 0.6) is 11.5 Å². The van der Waals surface area contributed by atoms with E-state index in [9.17, 15) is 4.79 Å². The average Bonchev–Trinajstić information content (AvgIpc) is 3.00. The molecule has 25 heavy (non-hydrogen) atoms. The second kappa shape index (κ2) is 6.39. The van der Waals surface area contributed by atoms with E-state index in [1.165, 1.54) is 0 Å². The van der Waals surface area contributed by atoms with E-state index < -0.39 is 5.91 Å². The zero-order valence-electron chi connectivity index (χ0n) is 14.7. The summed E-state index contributed by atoms with van der Waals surface area (Å²) in [5.41, 5.74) is 3.11. The van der Waals surface area contributed by atoms with Gasteiger partial charge in [0.2, 0.25) is 5.82 Å². The van der Waals surface area contributed by atoms with Crippen LogP contribution in [0.2, 0.25) is 0 Å². The first-order chi connectivity index (χ1) is 11.9. The van der Waals surface area contributed by atoms with Crippen molar-refractivity contribution in [3.8, 4) is 11.5 Å². The minimum absolute atomic E-state index is 0.0513. The second-order valence-corrected chi connectivity index (χ2v) is 5.66. The number of hydrogen-bond acceptors (Lipinski definition) is 6. The summed E-state index contributed by atoms with van der Waals surface area (Å²) in [7, 11) is 3.10. The van der Waals surface area contributed by atoms with Gasteiger partial charge in [-0.2, -0.15) is 4.98 Å². The molecule has 1 amide bonds. The van der Waals surface area contributed by atoms with Gasteiger partial charge < -0.3 is 14.8 Å². The number of anilines is 1. The zero-order valence-corrected chi connectivity index (χ0v) is 14.7. The number of amides is 1. The maximum Gasteiger partial charge on any atom is 0.295 e. The van der Waals surface area contributed by atoms with Gasteiger partial charge in [-0.25, -0.2) is 9.50 Å². The molecule has 0 aliphatic heterocycles. The number of nitrogens with one attached hydrogen (secondary N) is 1. The summed E-state index contributed by atoms with van der Waals surface area (Å²) in [5.74, 6) is 1.15. The van der Waals surface area contributed by atoms with Crippen molar-refractivity contribution < 1.29 is 14.3 Å². The van der Waals surface area contributed by atoms with Gasteiger partial charge in [-0.3, -0.25) is 4.79 Å². The maximum absolute atomic E-state index is 12.5. The Labute approximate surface area is 144 Å². The Morgan fingerprint density at radius 3 is 2.40 bits per heavy atom. The largest absolute Gasteiger partial charge is 0.493 e. The average molecular weight is 341 g/mol. The molecule has 1 aromatic carbocycles. The molecular weight excluding hydrogens is 322 g/mol. The van der Waals surface area contributed by atoms with Gasteiger partial charge in [-0.05, 0) is 38.5 Å². The number of hydrogen-bond donors (Lipinski definition) is 1. The van der Waals surface area contributed by atoms with Gasteiger partial charge in [0, 0.05) is 23.1 Å². The van der Waals surface area contributed by atoms with Crippen molar-refractivity contribution in [2.75, 3.05) is 19.5 Å². The Kier molecular flexibility index (Phi) is 4.26. The van der Waals surface area contributed by atoms with Gasteiger partial charge in [-0.15, -0.1) is 5.10 Å². The number of methoxy groups -OCH3 is 2. The number of ether oxygens (including phenoxy) is 2. The van der Waals surface area contributed by atoms with E-state index in [4.69, 9.17) is 9.47 Å². The number of aromatic nitrogens is 4. The highest BCUT2D eigenvalue weighted by molar-refractivity contribution is 6.02. The summed E-state index contributed by atoms with van der Waals surface area (Å²) in [4.78, 5) is 21.0. The van der Waals surface area contributed by atoms with Gasteiger partial charge in [0.05, 0.1) is 14.2 Å². The minimum atomic E-state index is -0.419. The Morgan fingerprint density at radius 1 is 1.04 bits per heavy atom. The number of carbonyl (C=O) groups is 1. The maximum atomic E-state index is 12.5. The summed E-state index contributed by atoms with van der Waals surface area (Å²) in [6.45, 7) is 5.62. The summed E-state index contributed by atoms with van der Waals surface area (Å²) in [6.07, 6.45) is 0. The predicted octanol–water partition coefficient (Wildman–Crippen LogP) is 2.32. The first kappa shape index (κ1) is 16.7. The number of rotatable bonds is 4. The van der Waals surface area contributed by atoms with Crippen molar-refractivity contribution in [3.63, 3.8) is 0 Å². The van der Waals surface area contributed by atoms with Crippen molar-refractivity contribution in [2.24, 2.45) is 0 Å². The summed E-state index contributed by atoms with van der Waals surface area (Å²) < 4.78 is 12.1. The van der Waals surface area contributed by atoms with Crippen LogP contribution in [0.4, 0.5) is 5.69 Å². The smallest absolute Gasteiger partial charge is 0.295 e. The molecule has 0 unspecified atom stereocenters. The van der Waals surface area contributed by atoms with Crippen LogP contribution in [0.15, 0.2) is 18.2 Å². The molecule has 3 rings (SSSR count). The number of benzene rings is 1. The fourth-order valence-electron chi connectivity index (χ4n) is 2.56. The van der Waals surface area contributed by atoms with Crippen molar-refractivity contribution in [2.45, 2.75) is 20.8 Å². The molecule has 0 fully saturated rings. The van der Waals surface area contributed by atoms with E-state index in [2.05, 4.69) is 20.4 Å². The molecule has 1 N–H and O–H groups in total. The molecule has 0 atom stereocenters. The Bertz CT molecular complexity index is 965. The Morgan fingerprint density at radius 2 is 1.72 bits per heavy atom. The van der Waals surface area contributed by atoms with Crippen LogP contribution in [0.3, 0.4) is 0 Å². The van der Waals surface area contributed by atoms with Gasteiger partial charge >= 0.3 is 0 Å². The predicted molar refractivity (Wildman–Crippen MR) is 92.5 cm³/mol. The van der Waals surface area contributed by atoms with Crippen LogP contribution < -0.4 is 14.8 Å². The molecule has 130 valence electrons. The van der Waals surface area contributed by atoms with Crippen molar-refractivity contribution in [1.29, 1.82) is 0 Å². The van der Waals surface area contributed by atoms with E-state index in [1.807, 2.05) is 26.8 Å². The van der Waals surface area contributed by atoms with E-state index in [-0.39, 0.29) is 5.82 Å². The fourth-order valence-corrected chi connectivity index (χ4v) is 2.56. The fraction of sp³-hybridized carbons (Fsp3) is 0.294. The number of aryl methyl sites for hydroxylation is 3. The van der Waals surface area contributed by atoms with Crippen molar-refractivity contribution in [1.82, 2.24) is 19.6 Å². The SMILES string of the molecule is COc1cc(C)c(NC(=O)c2nc3nc(C)cc(C)n3n2)cc1OC. The first-order valence-electron chi connectivity index (χ1n) is 7.68. The summed E-state index contributed by atoms with van der Waals surface area (Å²) >= 11 is 0. The van der Waals surface area contributed by atoms with E-state index in [1.54, 1.807) is 30.9 Å². The number of fused-ring (bicyclic) bond motifs is 1. The minimum Gasteiger partial charge on any atom is -0.493 e. The molecule has 2 aromatic heterocycles. The van der Waals surface area contributed by atoms with Gasteiger partial charge in [0.1, 0.15) is 0 Å². The lowest BCUT2D eigenvalue weighted by Gasteiger charge is -2.12. The molecule has 8 nitrogen and oxygen atoms in total. The highest BCUT2D eigenvalue weighted by atomic mass is 16.5. The highest BCUT2D eigenvalue weighted by Gasteiger charge is 2.17. The highest BCUT2D eigenvalue weighted by Crippen LogP contribution is 2.33. The molecule has 0 bridgehead atoms. The molecule has 0 radical (unpaired) electrons. The lowest BCUT2D eigenvalue weighted by molar-refractivity contribution is 0.101. The van der Waals surface area contributed by atoms with Crippen LogP contribution >= 0.6 is 0 Å². The van der Waals surface area contributed by atoms with E-state index >= 15 is 0 Å². The van der Waals surface area contributed by atoms with Gasteiger partial charge in [0.15, 0.2) is 11.5 Å². The molecule has 8 heteroatoms. The molecule has 2 heterocycles. The van der Waals surface area contributed by atoms with E-state index in [0.717, 1.165) is 17.0 Å². The molecule has 0 spiro atoms. The van der Waals surface area contributed by atoms with Gasteiger partial charge in [-0.1, -0.05) is 0 Å². The standard InChI is InChI=1S/C17H19N5O3/c1-9-6-13(24-4)14(25-5)8-12(9)19-16(23)15-20-17-18-10(2)7-11(3)22(17)21-15/h6-8H,1-5H3,(H,19,23). The van der Waals surface area contributed by atoms with Crippen molar-refractivity contribution in [3.05, 3.63) is 41.0 Å². The third-order valence-electron chi connectivity index (χ3n) is 3.80. The normalized spacial score (nSPS) is 10.8. The summed E-state index contributed by atoms with van der Waals surface area (Å²) in [5, 5.41) is 7.04.